The molecule has 0 aliphatic rings. The van der Waals surface area contributed by atoms with Gasteiger partial charge in [-0.3, -0.25) is 0 Å². The van der Waals surface area contributed by atoms with Gasteiger partial charge in [0.1, 0.15) is 12.4 Å². The van der Waals surface area contributed by atoms with Gasteiger partial charge in [-0.2, -0.15) is 0 Å². The Morgan fingerprint density at radius 3 is 2.45 bits per heavy atom. The van der Waals surface area contributed by atoms with Gasteiger partial charge in [-0.15, -0.1) is 0 Å². The third-order valence-electron chi connectivity index (χ3n) is 2.69. The van der Waals surface area contributed by atoms with Gasteiger partial charge in [-0.25, -0.2) is 9.10 Å². The van der Waals surface area contributed by atoms with Crippen LogP contribution in [0.1, 0.15) is 11.1 Å². The Kier molecular flexibility index (Phi) is 6.84. The van der Waals surface area contributed by atoms with E-state index in [0.717, 1.165) is 16.9 Å². The van der Waals surface area contributed by atoms with E-state index in [1.807, 2.05) is 37.3 Å². The van der Waals surface area contributed by atoms with Crippen LogP contribution in [0.3, 0.4) is 0 Å². The Morgan fingerprint density at radius 1 is 1.35 bits per heavy atom. The van der Waals surface area contributed by atoms with Crippen molar-refractivity contribution in [3.8, 4) is 5.75 Å². The standard InChI is InChI=1S/C14H21NO4S/c1-10-7-12(18-4)8-11(2)14(10)20-15(3)5-6-19-9-13(16)17/h7-8H,5-6,9H2,1-4H3,(H,16,17). The topological polar surface area (TPSA) is 59.0 Å². The van der Waals surface area contributed by atoms with Crippen molar-refractivity contribution in [1.82, 2.24) is 4.31 Å². The Balaban J connectivity index is 2.53. The summed E-state index contributed by atoms with van der Waals surface area (Å²) in [6.07, 6.45) is 0. The molecule has 112 valence electrons. The third kappa shape index (κ3) is 5.40. The molecule has 1 N–H and O–H groups in total. The number of aryl methyl sites for hydroxylation is 2. The number of hydrogen-bond donors (Lipinski definition) is 1. The second-order valence-corrected chi connectivity index (χ2v) is 5.69. The molecule has 0 bridgehead atoms. The molecule has 0 radical (unpaired) electrons. The fraction of sp³-hybridized carbons (Fsp3) is 0.500. The van der Waals surface area contributed by atoms with Crippen LogP contribution in [0.2, 0.25) is 0 Å². The molecule has 1 rings (SSSR count). The predicted molar refractivity (Wildman–Crippen MR) is 79.4 cm³/mol. The molecule has 0 spiro atoms. The van der Waals surface area contributed by atoms with Crippen LogP contribution in [0.25, 0.3) is 0 Å². The first-order chi connectivity index (χ1) is 9.43. The summed E-state index contributed by atoms with van der Waals surface area (Å²) in [5.74, 6) is -0.0843. The number of nitrogens with zero attached hydrogens (tertiary/aromatic N) is 1. The van der Waals surface area contributed by atoms with Crippen molar-refractivity contribution in [1.29, 1.82) is 0 Å². The van der Waals surface area contributed by atoms with Gasteiger partial charge in [0.2, 0.25) is 0 Å². The van der Waals surface area contributed by atoms with Crippen molar-refractivity contribution in [2.45, 2.75) is 18.7 Å². The highest BCUT2D eigenvalue weighted by atomic mass is 32.2. The van der Waals surface area contributed by atoms with Crippen molar-refractivity contribution < 1.29 is 19.4 Å². The molecular formula is C14H21NO4S. The van der Waals surface area contributed by atoms with E-state index in [0.29, 0.717) is 13.2 Å². The van der Waals surface area contributed by atoms with Crippen LogP contribution in [0.4, 0.5) is 0 Å². The number of rotatable bonds is 8. The molecule has 0 aromatic heterocycles. The van der Waals surface area contributed by atoms with E-state index in [9.17, 15) is 4.79 Å². The minimum atomic E-state index is -0.942. The fourth-order valence-corrected chi connectivity index (χ4v) is 2.61. The summed E-state index contributed by atoms with van der Waals surface area (Å²) in [6.45, 7) is 4.89. The fourth-order valence-electron chi connectivity index (χ4n) is 1.73. The Labute approximate surface area is 124 Å². The lowest BCUT2D eigenvalue weighted by atomic mass is 10.1. The van der Waals surface area contributed by atoms with Crippen LogP contribution in [0.5, 0.6) is 5.75 Å². The van der Waals surface area contributed by atoms with Crippen LogP contribution >= 0.6 is 11.9 Å². The van der Waals surface area contributed by atoms with Crippen LogP contribution in [0.15, 0.2) is 17.0 Å². The molecule has 0 saturated carbocycles. The van der Waals surface area contributed by atoms with Gasteiger partial charge in [0.25, 0.3) is 0 Å². The zero-order valence-electron chi connectivity index (χ0n) is 12.3. The Bertz CT molecular complexity index is 441. The SMILES string of the molecule is COc1cc(C)c(SN(C)CCOCC(=O)O)c(C)c1. The molecule has 0 heterocycles. The van der Waals surface area contributed by atoms with Gasteiger partial charge in [0, 0.05) is 11.4 Å². The third-order valence-corrected chi connectivity index (χ3v) is 4.01. The lowest BCUT2D eigenvalue weighted by Crippen LogP contribution is -2.18. The minimum absolute atomic E-state index is 0.251. The van der Waals surface area contributed by atoms with E-state index < -0.39 is 5.97 Å². The molecule has 0 saturated heterocycles. The molecule has 0 fully saturated rings. The molecule has 6 heteroatoms. The highest BCUT2D eigenvalue weighted by molar-refractivity contribution is 7.97. The molecule has 1 aromatic carbocycles. The first kappa shape index (κ1) is 16.8. The number of carboxylic acids is 1. The molecule has 0 unspecified atom stereocenters. The Hall–Kier alpha value is -1.24. The summed E-state index contributed by atoms with van der Waals surface area (Å²) >= 11 is 1.63. The molecule has 0 aliphatic heterocycles. The zero-order chi connectivity index (χ0) is 15.1. The van der Waals surface area contributed by atoms with Crippen molar-refractivity contribution in [3.05, 3.63) is 23.3 Å². The Morgan fingerprint density at radius 2 is 1.95 bits per heavy atom. The number of likely N-dealkylation sites (N-methyl/N-ethyl adjacent to an activating group) is 1. The van der Waals surface area contributed by atoms with Gasteiger partial charge < -0.3 is 14.6 Å². The molecular weight excluding hydrogens is 278 g/mol. The quantitative estimate of drug-likeness (QED) is 0.587. The molecule has 1 aromatic rings. The number of ether oxygens (including phenoxy) is 2. The highest BCUT2D eigenvalue weighted by Crippen LogP contribution is 2.31. The maximum Gasteiger partial charge on any atom is 0.329 e. The minimum Gasteiger partial charge on any atom is -0.497 e. The van der Waals surface area contributed by atoms with E-state index >= 15 is 0 Å². The summed E-state index contributed by atoms with van der Waals surface area (Å²) in [5.41, 5.74) is 2.32. The van der Waals surface area contributed by atoms with Crippen molar-refractivity contribution in [2.75, 3.05) is 33.9 Å². The monoisotopic (exact) mass is 299 g/mol. The average Bonchev–Trinajstić information content (AvgIpc) is 2.38. The number of carbonyl (C=O) groups is 1. The van der Waals surface area contributed by atoms with Crippen LogP contribution in [0, 0.1) is 13.8 Å². The summed E-state index contributed by atoms with van der Waals surface area (Å²) < 4.78 is 12.3. The van der Waals surface area contributed by atoms with E-state index in [1.165, 1.54) is 4.90 Å². The largest absolute Gasteiger partial charge is 0.497 e. The first-order valence-corrected chi connectivity index (χ1v) is 7.05. The number of methoxy groups -OCH3 is 1. The van der Waals surface area contributed by atoms with Gasteiger partial charge in [0.05, 0.1) is 13.7 Å². The number of hydrogen-bond acceptors (Lipinski definition) is 5. The maximum atomic E-state index is 10.3. The predicted octanol–water partition coefficient (Wildman–Crippen LogP) is 2.35. The van der Waals surface area contributed by atoms with Crippen molar-refractivity contribution >= 4 is 17.9 Å². The van der Waals surface area contributed by atoms with Gasteiger partial charge in [-0.05, 0) is 56.1 Å². The molecule has 0 amide bonds. The first-order valence-electron chi connectivity index (χ1n) is 6.28. The van der Waals surface area contributed by atoms with Crippen molar-refractivity contribution in [3.63, 3.8) is 0 Å². The van der Waals surface area contributed by atoms with E-state index in [1.54, 1.807) is 19.1 Å². The summed E-state index contributed by atoms with van der Waals surface area (Å²) in [5, 5.41) is 8.48. The molecule has 20 heavy (non-hydrogen) atoms. The van der Waals surface area contributed by atoms with E-state index in [2.05, 4.69) is 0 Å². The summed E-state index contributed by atoms with van der Waals surface area (Å²) in [7, 11) is 3.62. The zero-order valence-corrected chi connectivity index (χ0v) is 13.1. The second-order valence-electron chi connectivity index (χ2n) is 4.48. The molecule has 0 atom stereocenters. The van der Waals surface area contributed by atoms with Gasteiger partial charge in [-0.1, -0.05) is 0 Å². The number of carboxylic acid groups (broad SMARTS) is 1. The normalized spacial score (nSPS) is 10.8. The smallest absolute Gasteiger partial charge is 0.329 e. The lowest BCUT2D eigenvalue weighted by Gasteiger charge is -2.18. The maximum absolute atomic E-state index is 10.3. The highest BCUT2D eigenvalue weighted by Gasteiger charge is 2.09. The van der Waals surface area contributed by atoms with Crippen LogP contribution in [-0.4, -0.2) is 49.3 Å². The molecule has 0 aliphatic carbocycles. The van der Waals surface area contributed by atoms with Gasteiger partial charge >= 0.3 is 5.97 Å². The van der Waals surface area contributed by atoms with E-state index in [4.69, 9.17) is 14.6 Å². The summed E-state index contributed by atoms with van der Waals surface area (Å²) in [4.78, 5) is 11.5. The van der Waals surface area contributed by atoms with E-state index in [-0.39, 0.29) is 6.61 Å². The second kappa shape index (κ2) is 8.14. The number of benzene rings is 1. The molecule has 5 nitrogen and oxygen atoms in total. The lowest BCUT2D eigenvalue weighted by molar-refractivity contribution is -0.142. The van der Waals surface area contributed by atoms with Crippen LogP contribution < -0.4 is 4.74 Å². The van der Waals surface area contributed by atoms with Crippen LogP contribution in [-0.2, 0) is 9.53 Å². The average molecular weight is 299 g/mol. The van der Waals surface area contributed by atoms with Gasteiger partial charge in [0.15, 0.2) is 0 Å². The number of aliphatic carboxylic acids is 1. The summed E-state index contributed by atoms with van der Waals surface area (Å²) in [6, 6.07) is 4.01. The van der Waals surface area contributed by atoms with Crippen molar-refractivity contribution in [2.24, 2.45) is 0 Å².